The van der Waals surface area contributed by atoms with Gasteiger partial charge in [-0.1, -0.05) is 22.0 Å². The zero-order chi connectivity index (χ0) is 21.0. The summed E-state index contributed by atoms with van der Waals surface area (Å²) >= 11 is 3.40. The number of anilines is 2. The highest BCUT2D eigenvalue weighted by atomic mass is 79.9. The molecule has 1 aliphatic heterocycles. The first-order valence-electron chi connectivity index (χ1n) is 9.04. The average molecular weight is 461 g/mol. The number of carbonyl (C=O) groups excluding carboxylic acids is 3. The minimum absolute atomic E-state index is 0.0452. The Hall–Kier alpha value is -2.87. The van der Waals surface area contributed by atoms with Crippen molar-refractivity contribution in [2.24, 2.45) is 5.92 Å². The molecule has 2 amide bonds. The van der Waals surface area contributed by atoms with Crippen molar-refractivity contribution in [3.63, 3.8) is 0 Å². The van der Waals surface area contributed by atoms with Crippen LogP contribution >= 0.6 is 15.9 Å². The summed E-state index contributed by atoms with van der Waals surface area (Å²) in [5.74, 6) is -1.16. The molecule has 1 saturated heterocycles. The first-order valence-corrected chi connectivity index (χ1v) is 9.83. The van der Waals surface area contributed by atoms with Crippen LogP contribution < -0.4 is 15.0 Å². The number of halogens is 1. The lowest BCUT2D eigenvalue weighted by molar-refractivity contribution is -0.151. The first kappa shape index (κ1) is 20.9. The van der Waals surface area contributed by atoms with Crippen molar-refractivity contribution in [3.8, 4) is 5.75 Å². The second-order valence-electron chi connectivity index (χ2n) is 6.73. The number of ether oxygens (including phenoxy) is 2. The summed E-state index contributed by atoms with van der Waals surface area (Å²) in [6, 6.07) is 12.5. The summed E-state index contributed by atoms with van der Waals surface area (Å²) in [7, 11) is 1.55. The zero-order valence-electron chi connectivity index (χ0n) is 16.1. The molecular formula is C21H21BrN2O5. The molecule has 1 fully saturated rings. The van der Waals surface area contributed by atoms with Gasteiger partial charge in [0.15, 0.2) is 6.61 Å². The maximum Gasteiger partial charge on any atom is 0.311 e. The SMILES string of the molecule is COc1cccc(N2CC(C(=O)OCC(=O)Nc3ccc(Br)c(C)c3)CC2=O)c1. The van der Waals surface area contributed by atoms with E-state index in [0.717, 1.165) is 10.0 Å². The van der Waals surface area contributed by atoms with E-state index in [1.54, 1.807) is 37.4 Å². The number of nitrogens with zero attached hydrogens (tertiary/aromatic N) is 1. The van der Waals surface area contributed by atoms with E-state index in [0.29, 0.717) is 17.1 Å². The van der Waals surface area contributed by atoms with Crippen LogP contribution in [-0.2, 0) is 19.1 Å². The van der Waals surface area contributed by atoms with Crippen LogP contribution in [0, 0.1) is 12.8 Å². The smallest absolute Gasteiger partial charge is 0.311 e. The molecule has 1 heterocycles. The normalized spacial score (nSPS) is 15.9. The first-order chi connectivity index (χ1) is 13.9. The fourth-order valence-corrected chi connectivity index (χ4v) is 3.31. The molecule has 2 aromatic carbocycles. The molecule has 1 atom stereocenters. The van der Waals surface area contributed by atoms with Crippen LogP contribution in [0.2, 0.25) is 0 Å². The van der Waals surface area contributed by atoms with Gasteiger partial charge in [0.1, 0.15) is 5.75 Å². The molecule has 7 nitrogen and oxygen atoms in total. The summed E-state index contributed by atoms with van der Waals surface area (Å²) in [4.78, 5) is 38.2. The van der Waals surface area contributed by atoms with Gasteiger partial charge in [-0.2, -0.15) is 0 Å². The van der Waals surface area contributed by atoms with Gasteiger partial charge in [0, 0.05) is 34.9 Å². The van der Waals surface area contributed by atoms with E-state index in [-0.39, 0.29) is 18.9 Å². The van der Waals surface area contributed by atoms with Crippen LogP contribution in [0.15, 0.2) is 46.9 Å². The topological polar surface area (TPSA) is 84.9 Å². The number of benzene rings is 2. The van der Waals surface area contributed by atoms with Gasteiger partial charge in [-0.3, -0.25) is 14.4 Å². The van der Waals surface area contributed by atoms with Crippen LogP contribution in [0.25, 0.3) is 0 Å². The van der Waals surface area contributed by atoms with Gasteiger partial charge in [0.25, 0.3) is 5.91 Å². The van der Waals surface area contributed by atoms with E-state index in [4.69, 9.17) is 9.47 Å². The van der Waals surface area contributed by atoms with Crippen molar-refractivity contribution in [1.82, 2.24) is 0 Å². The lowest BCUT2D eigenvalue weighted by Crippen LogP contribution is -2.28. The molecule has 3 rings (SSSR count). The third kappa shape index (κ3) is 5.14. The second kappa shape index (κ2) is 9.09. The lowest BCUT2D eigenvalue weighted by Gasteiger charge is -2.17. The van der Waals surface area contributed by atoms with Crippen LogP contribution in [0.4, 0.5) is 11.4 Å². The molecule has 1 N–H and O–H groups in total. The molecule has 29 heavy (non-hydrogen) atoms. The van der Waals surface area contributed by atoms with Crippen LogP contribution in [0.1, 0.15) is 12.0 Å². The summed E-state index contributed by atoms with van der Waals surface area (Å²) in [5.41, 5.74) is 2.25. The summed E-state index contributed by atoms with van der Waals surface area (Å²) in [5, 5.41) is 2.68. The molecule has 8 heteroatoms. The summed E-state index contributed by atoms with van der Waals surface area (Å²) in [6.45, 7) is 1.71. The van der Waals surface area contributed by atoms with Gasteiger partial charge in [-0.15, -0.1) is 0 Å². The van der Waals surface area contributed by atoms with Gasteiger partial charge in [-0.05, 0) is 42.8 Å². The Balaban J connectivity index is 1.53. The molecule has 0 bridgehead atoms. The van der Waals surface area contributed by atoms with Crippen molar-refractivity contribution in [2.45, 2.75) is 13.3 Å². The van der Waals surface area contributed by atoms with Gasteiger partial charge >= 0.3 is 5.97 Å². The lowest BCUT2D eigenvalue weighted by atomic mass is 10.1. The van der Waals surface area contributed by atoms with Crippen LogP contribution in [-0.4, -0.2) is 38.0 Å². The number of hydrogen-bond donors (Lipinski definition) is 1. The van der Waals surface area contributed by atoms with E-state index < -0.39 is 24.4 Å². The Morgan fingerprint density at radius 2 is 2.03 bits per heavy atom. The molecular weight excluding hydrogens is 440 g/mol. The molecule has 1 unspecified atom stereocenters. The highest BCUT2D eigenvalue weighted by Gasteiger charge is 2.36. The molecule has 0 radical (unpaired) electrons. The molecule has 0 saturated carbocycles. The molecule has 0 aliphatic carbocycles. The van der Waals surface area contributed by atoms with E-state index in [9.17, 15) is 14.4 Å². The van der Waals surface area contributed by atoms with E-state index >= 15 is 0 Å². The predicted molar refractivity (Wildman–Crippen MR) is 112 cm³/mol. The third-order valence-electron chi connectivity index (χ3n) is 4.61. The van der Waals surface area contributed by atoms with Crippen molar-refractivity contribution in [2.75, 3.05) is 30.5 Å². The van der Waals surface area contributed by atoms with Crippen LogP contribution in [0.5, 0.6) is 5.75 Å². The number of methoxy groups -OCH3 is 1. The quantitative estimate of drug-likeness (QED) is 0.668. The maximum atomic E-state index is 12.3. The van der Waals surface area contributed by atoms with Crippen molar-refractivity contribution >= 4 is 45.1 Å². The Bertz CT molecular complexity index is 946. The minimum Gasteiger partial charge on any atom is -0.497 e. The fourth-order valence-electron chi connectivity index (χ4n) is 3.07. The van der Waals surface area contributed by atoms with Gasteiger partial charge in [-0.25, -0.2) is 0 Å². The highest BCUT2D eigenvalue weighted by Crippen LogP contribution is 2.28. The monoisotopic (exact) mass is 460 g/mol. The van der Waals surface area contributed by atoms with Gasteiger partial charge in [0.05, 0.1) is 13.0 Å². The number of hydrogen-bond acceptors (Lipinski definition) is 5. The van der Waals surface area contributed by atoms with Crippen molar-refractivity contribution in [1.29, 1.82) is 0 Å². The third-order valence-corrected chi connectivity index (χ3v) is 5.50. The highest BCUT2D eigenvalue weighted by molar-refractivity contribution is 9.10. The van der Waals surface area contributed by atoms with E-state index in [2.05, 4.69) is 21.2 Å². The number of rotatable bonds is 6. The Labute approximate surface area is 177 Å². The van der Waals surface area contributed by atoms with E-state index in [1.165, 1.54) is 4.90 Å². The predicted octanol–water partition coefficient (Wildman–Crippen LogP) is 3.30. The summed E-state index contributed by atoms with van der Waals surface area (Å²) in [6.07, 6.45) is 0.0452. The number of esters is 1. The van der Waals surface area contributed by atoms with Gasteiger partial charge < -0.3 is 19.7 Å². The number of aryl methyl sites for hydroxylation is 1. The van der Waals surface area contributed by atoms with E-state index in [1.807, 2.05) is 19.1 Å². The number of nitrogens with one attached hydrogen (secondary N) is 1. The Morgan fingerprint density at radius 1 is 1.24 bits per heavy atom. The Morgan fingerprint density at radius 3 is 2.76 bits per heavy atom. The number of carbonyl (C=O) groups is 3. The number of amides is 2. The minimum atomic E-state index is -0.614. The Kier molecular flexibility index (Phi) is 6.53. The standard InChI is InChI=1S/C21H21BrN2O5/c1-13-8-15(6-7-18(13)22)23-19(25)12-29-21(27)14-9-20(26)24(11-14)16-4-3-5-17(10-16)28-2/h3-8,10,14H,9,11-12H2,1-2H3,(H,23,25). The largest absolute Gasteiger partial charge is 0.497 e. The molecule has 2 aromatic rings. The van der Waals surface area contributed by atoms with Gasteiger partial charge in [0.2, 0.25) is 5.91 Å². The molecule has 152 valence electrons. The molecule has 0 aromatic heterocycles. The maximum absolute atomic E-state index is 12.3. The fraction of sp³-hybridized carbons (Fsp3) is 0.286. The van der Waals surface area contributed by atoms with Crippen molar-refractivity contribution in [3.05, 3.63) is 52.5 Å². The second-order valence-corrected chi connectivity index (χ2v) is 7.58. The average Bonchev–Trinajstić information content (AvgIpc) is 3.11. The van der Waals surface area contributed by atoms with Crippen LogP contribution in [0.3, 0.4) is 0 Å². The van der Waals surface area contributed by atoms with Crippen molar-refractivity contribution < 1.29 is 23.9 Å². The summed E-state index contributed by atoms with van der Waals surface area (Å²) < 4.78 is 11.2. The zero-order valence-corrected chi connectivity index (χ0v) is 17.7. The molecule has 0 spiro atoms. The molecule has 1 aliphatic rings.